The Hall–Kier alpha value is -1.17. The Labute approximate surface area is 135 Å². The molecule has 1 heterocycles. The van der Waals surface area contributed by atoms with Crippen molar-refractivity contribution < 1.29 is 4.74 Å². The van der Waals surface area contributed by atoms with Gasteiger partial charge in [0.25, 0.3) is 0 Å². The summed E-state index contributed by atoms with van der Waals surface area (Å²) >= 11 is 0. The van der Waals surface area contributed by atoms with Crippen molar-refractivity contribution in [2.24, 2.45) is 0 Å². The first-order valence-electron chi connectivity index (χ1n) is 8.45. The second kappa shape index (κ2) is 6.94. The Morgan fingerprint density at radius 3 is 1.68 bits per heavy atom. The SMILES string of the molecule is CC(C)[PH](c1ccccc1)(c1ccccc1)C1CCOCC1. The van der Waals surface area contributed by atoms with Crippen LogP contribution in [-0.4, -0.2) is 24.5 Å². The van der Waals surface area contributed by atoms with Crippen LogP contribution < -0.4 is 10.6 Å². The van der Waals surface area contributed by atoms with Crippen molar-refractivity contribution in [1.82, 2.24) is 0 Å². The molecule has 22 heavy (non-hydrogen) atoms. The molecule has 2 heteroatoms. The number of hydrogen-bond acceptors (Lipinski definition) is 1. The summed E-state index contributed by atoms with van der Waals surface area (Å²) < 4.78 is 5.67. The van der Waals surface area contributed by atoms with E-state index in [2.05, 4.69) is 74.5 Å². The third kappa shape index (κ3) is 2.73. The fraction of sp³-hybridized carbons (Fsp3) is 0.400. The van der Waals surface area contributed by atoms with Crippen LogP contribution in [0.3, 0.4) is 0 Å². The van der Waals surface area contributed by atoms with E-state index in [0.29, 0.717) is 5.66 Å². The van der Waals surface area contributed by atoms with Gasteiger partial charge in [0.2, 0.25) is 0 Å². The molecule has 0 spiro atoms. The van der Waals surface area contributed by atoms with E-state index in [-0.39, 0.29) is 0 Å². The van der Waals surface area contributed by atoms with E-state index in [9.17, 15) is 0 Å². The van der Waals surface area contributed by atoms with Crippen LogP contribution in [0.4, 0.5) is 0 Å². The van der Waals surface area contributed by atoms with Gasteiger partial charge in [-0.2, -0.15) is 0 Å². The fourth-order valence-corrected chi connectivity index (χ4v) is 10.5. The second-order valence-corrected chi connectivity index (χ2v) is 11.5. The molecule has 0 atom stereocenters. The summed E-state index contributed by atoms with van der Waals surface area (Å²) in [7, 11) is -1.80. The molecule has 1 aliphatic rings. The predicted molar refractivity (Wildman–Crippen MR) is 99.4 cm³/mol. The Balaban J connectivity index is 2.19. The quantitative estimate of drug-likeness (QED) is 0.776. The Morgan fingerprint density at radius 1 is 0.818 bits per heavy atom. The third-order valence-corrected chi connectivity index (χ3v) is 11.5. The summed E-state index contributed by atoms with van der Waals surface area (Å²) in [5, 5.41) is 3.17. The van der Waals surface area contributed by atoms with Gasteiger partial charge in [-0.25, -0.2) is 0 Å². The molecule has 118 valence electrons. The van der Waals surface area contributed by atoms with Crippen LogP contribution >= 0.6 is 7.26 Å². The van der Waals surface area contributed by atoms with Gasteiger partial charge >= 0.3 is 134 Å². The minimum absolute atomic E-state index is 0.681. The van der Waals surface area contributed by atoms with Crippen LogP contribution in [0, 0.1) is 0 Å². The fourth-order valence-electron chi connectivity index (χ4n) is 4.36. The van der Waals surface area contributed by atoms with E-state index in [1.54, 1.807) is 10.6 Å². The van der Waals surface area contributed by atoms with Crippen LogP contribution in [-0.2, 0) is 4.74 Å². The molecule has 1 fully saturated rings. The van der Waals surface area contributed by atoms with Crippen molar-refractivity contribution in [2.45, 2.75) is 38.0 Å². The third-order valence-electron chi connectivity index (χ3n) is 5.28. The van der Waals surface area contributed by atoms with Gasteiger partial charge in [0.05, 0.1) is 0 Å². The first-order chi connectivity index (χ1) is 10.8. The van der Waals surface area contributed by atoms with Crippen LogP contribution in [0.25, 0.3) is 0 Å². The van der Waals surface area contributed by atoms with Crippen molar-refractivity contribution in [3.05, 3.63) is 60.7 Å². The zero-order valence-corrected chi connectivity index (χ0v) is 14.7. The molecule has 0 N–H and O–H groups in total. The summed E-state index contributed by atoms with van der Waals surface area (Å²) in [4.78, 5) is 0. The molecule has 0 amide bonds. The number of benzene rings is 2. The Kier molecular flexibility index (Phi) is 4.96. The first-order valence-corrected chi connectivity index (χ1v) is 10.6. The van der Waals surface area contributed by atoms with Crippen LogP contribution in [0.1, 0.15) is 26.7 Å². The molecule has 3 rings (SSSR count). The van der Waals surface area contributed by atoms with E-state index in [1.165, 1.54) is 12.8 Å². The average molecular weight is 314 g/mol. The van der Waals surface area contributed by atoms with E-state index >= 15 is 0 Å². The van der Waals surface area contributed by atoms with Crippen molar-refractivity contribution in [3.63, 3.8) is 0 Å². The Morgan fingerprint density at radius 2 is 1.27 bits per heavy atom. The molecule has 0 aliphatic carbocycles. The molecular weight excluding hydrogens is 287 g/mol. The normalized spacial score (nSPS) is 17.6. The first kappa shape index (κ1) is 15.7. The molecule has 2 aromatic carbocycles. The zero-order valence-electron chi connectivity index (χ0n) is 13.7. The molecule has 0 aromatic heterocycles. The molecule has 0 unspecified atom stereocenters. The minimum atomic E-state index is -1.80. The summed E-state index contributed by atoms with van der Waals surface area (Å²) in [6.07, 6.45) is 2.41. The second-order valence-electron chi connectivity index (χ2n) is 6.64. The van der Waals surface area contributed by atoms with Gasteiger partial charge < -0.3 is 0 Å². The van der Waals surface area contributed by atoms with Crippen molar-refractivity contribution in [1.29, 1.82) is 0 Å². The van der Waals surface area contributed by atoms with Crippen molar-refractivity contribution in [3.8, 4) is 0 Å². The summed E-state index contributed by atoms with van der Waals surface area (Å²) in [6, 6.07) is 22.6. The molecular formula is C20H27OP. The topological polar surface area (TPSA) is 9.23 Å². The monoisotopic (exact) mass is 314 g/mol. The molecule has 0 bridgehead atoms. The summed E-state index contributed by atoms with van der Waals surface area (Å²) in [6.45, 7) is 6.71. The Bertz CT molecular complexity index is 534. The number of ether oxygens (including phenoxy) is 1. The molecule has 1 saturated heterocycles. The standard InChI is InChI=1S/C20H27OP/c1-17(2)22(18-9-5-3-6-10-18,19-11-7-4-8-12-19)20-13-15-21-16-14-20/h3-12,17,20,22H,13-16H2,1-2H3. The van der Waals surface area contributed by atoms with Crippen LogP contribution in [0.15, 0.2) is 60.7 Å². The molecule has 1 aliphatic heterocycles. The number of hydrogen-bond donors (Lipinski definition) is 0. The predicted octanol–water partition coefficient (Wildman–Crippen LogP) is 3.97. The summed E-state index contributed by atoms with van der Waals surface area (Å²) in [5.74, 6) is 0. The molecule has 0 radical (unpaired) electrons. The summed E-state index contributed by atoms with van der Waals surface area (Å²) in [5.41, 5.74) is 1.45. The van der Waals surface area contributed by atoms with E-state index in [0.717, 1.165) is 18.9 Å². The number of rotatable bonds is 4. The molecule has 2 aromatic rings. The van der Waals surface area contributed by atoms with Gasteiger partial charge in [-0.3, -0.25) is 0 Å². The van der Waals surface area contributed by atoms with Gasteiger partial charge in [-0.1, -0.05) is 0 Å². The van der Waals surface area contributed by atoms with Crippen LogP contribution in [0.2, 0.25) is 0 Å². The molecule has 1 nitrogen and oxygen atoms in total. The van der Waals surface area contributed by atoms with Gasteiger partial charge in [0.1, 0.15) is 0 Å². The van der Waals surface area contributed by atoms with Gasteiger partial charge in [0, 0.05) is 0 Å². The molecule has 0 saturated carbocycles. The maximum atomic E-state index is 5.67. The zero-order chi connectivity index (χ0) is 15.4. The van der Waals surface area contributed by atoms with Crippen LogP contribution in [0.5, 0.6) is 0 Å². The van der Waals surface area contributed by atoms with Gasteiger partial charge in [-0.05, 0) is 0 Å². The van der Waals surface area contributed by atoms with Crippen molar-refractivity contribution >= 4 is 17.9 Å². The average Bonchev–Trinajstić information content (AvgIpc) is 2.58. The van der Waals surface area contributed by atoms with E-state index in [4.69, 9.17) is 4.74 Å². The van der Waals surface area contributed by atoms with E-state index in [1.807, 2.05) is 0 Å². The van der Waals surface area contributed by atoms with Crippen molar-refractivity contribution in [2.75, 3.05) is 13.2 Å². The van der Waals surface area contributed by atoms with E-state index < -0.39 is 7.26 Å². The van der Waals surface area contributed by atoms with Gasteiger partial charge in [0.15, 0.2) is 0 Å². The van der Waals surface area contributed by atoms with Gasteiger partial charge in [-0.15, -0.1) is 0 Å². The maximum absolute atomic E-state index is 5.67.